The van der Waals surface area contributed by atoms with E-state index in [-0.39, 0.29) is 18.1 Å². The van der Waals surface area contributed by atoms with E-state index in [1.807, 2.05) is 6.07 Å². The normalized spacial score (nSPS) is 12.3. The molecule has 1 N–H and O–H groups in total. The number of hydrogen-bond acceptors (Lipinski definition) is 6. The van der Waals surface area contributed by atoms with Crippen molar-refractivity contribution in [2.75, 3.05) is 20.8 Å². The van der Waals surface area contributed by atoms with Gasteiger partial charge in [-0.15, -0.1) is 5.11 Å². The van der Waals surface area contributed by atoms with E-state index in [2.05, 4.69) is 15.0 Å². The maximum Gasteiger partial charge on any atom is 0.362 e. The van der Waals surface area contributed by atoms with Crippen molar-refractivity contribution in [3.8, 4) is 0 Å². The van der Waals surface area contributed by atoms with Crippen molar-refractivity contribution in [3.63, 3.8) is 0 Å². The summed E-state index contributed by atoms with van der Waals surface area (Å²) < 4.78 is 9.22. The Labute approximate surface area is 105 Å². The topological polar surface area (TPSA) is 80.5 Å². The zero-order chi connectivity index (χ0) is 13.4. The Balaban J connectivity index is 2.96. The number of methoxy groups -OCH3 is 2. The van der Waals surface area contributed by atoms with Crippen LogP contribution in [0.5, 0.6) is 0 Å². The molecule has 0 aliphatic carbocycles. The second-order valence-electron chi connectivity index (χ2n) is 3.26. The van der Waals surface area contributed by atoms with Crippen LogP contribution in [-0.4, -0.2) is 31.9 Å². The molecule has 0 aliphatic heterocycles. The first-order chi connectivity index (χ1) is 8.69. The minimum atomic E-state index is -0.774. The second kappa shape index (κ2) is 7.18. The summed E-state index contributed by atoms with van der Waals surface area (Å²) in [5.74, 6) is -1.10. The number of nitrogens with zero attached hydrogens (tertiary/aromatic N) is 2. The maximum absolute atomic E-state index is 11.4. The highest BCUT2D eigenvalue weighted by molar-refractivity contribution is 5.88. The highest BCUT2D eigenvalue weighted by Gasteiger charge is 2.15. The first kappa shape index (κ1) is 13.9. The van der Waals surface area contributed by atoms with Crippen molar-refractivity contribution in [2.45, 2.75) is 0 Å². The van der Waals surface area contributed by atoms with E-state index >= 15 is 0 Å². The van der Waals surface area contributed by atoms with E-state index in [1.54, 1.807) is 24.3 Å². The monoisotopic (exact) mass is 250 g/mol. The van der Waals surface area contributed by atoms with Gasteiger partial charge in [0, 0.05) is 7.11 Å². The molecule has 1 aromatic carbocycles. The van der Waals surface area contributed by atoms with E-state index < -0.39 is 5.97 Å². The summed E-state index contributed by atoms with van der Waals surface area (Å²) in [5, 5.41) is 17.1. The van der Waals surface area contributed by atoms with Crippen molar-refractivity contribution in [3.05, 3.63) is 41.8 Å². The molecule has 0 heterocycles. The van der Waals surface area contributed by atoms with Gasteiger partial charge in [-0.1, -0.05) is 18.2 Å². The van der Waals surface area contributed by atoms with Gasteiger partial charge in [-0.25, -0.2) is 4.79 Å². The Morgan fingerprint density at radius 2 is 1.94 bits per heavy atom. The third-order valence-electron chi connectivity index (χ3n) is 1.95. The lowest BCUT2D eigenvalue weighted by atomic mass is 10.3. The van der Waals surface area contributed by atoms with E-state index in [1.165, 1.54) is 14.2 Å². The van der Waals surface area contributed by atoms with Crippen LogP contribution < -0.4 is 0 Å². The van der Waals surface area contributed by atoms with Crippen molar-refractivity contribution < 1.29 is 19.4 Å². The minimum Gasteiger partial charge on any atom is -0.507 e. The van der Waals surface area contributed by atoms with Gasteiger partial charge in [0.1, 0.15) is 6.61 Å². The smallest absolute Gasteiger partial charge is 0.362 e. The van der Waals surface area contributed by atoms with Gasteiger partial charge in [0.2, 0.25) is 5.70 Å². The van der Waals surface area contributed by atoms with Crippen LogP contribution in [0.2, 0.25) is 0 Å². The summed E-state index contributed by atoms with van der Waals surface area (Å²) in [5.41, 5.74) is 0.285. The van der Waals surface area contributed by atoms with Crippen LogP contribution in [0.1, 0.15) is 0 Å². The predicted octanol–water partition coefficient (Wildman–Crippen LogP) is 2.36. The van der Waals surface area contributed by atoms with Crippen LogP contribution in [0.15, 0.2) is 52.0 Å². The SMILES string of the molecule is COC/C(O)=C(\N=Nc1ccccc1)C(=O)OC. The molecule has 6 heteroatoms. The van der Waals surface area contributed by atoms with E-state index in [0.717, 1.165) is 0 Å². The molecule has 1 aromatic rings. The molecule has 0 aromatic heterocycles. The molecule has 0 radical (unpaired) electrons. The molecule has 0 atom stereocenters. The van der Waals surface area contributed by atoms with Gasteiger partial charge in [-0.2, -0.15) is 5.11 Å². The van der Waals surface area contributed by atoms with Crippen LogP contribution >= 0.6 is 0 Å². The van der Waals surface area contributed by atoms with Crippen LogP contribution in [0, 0.1) is 0 Å². The lowest BCUT2D eigenvalue weighted by molar-refractivity contribution is -0.136. The molecule has 0 unspecified atom stereocenters. The Morgan fingerprint density at radius 3 is 2.50 bits per heavy atom. The first-order valence-electron chi connectivity index (χ1n) is 5.15. The fraction of sp³-hybridized carbons (Fsp3) is 0.250. The molecule has 1 rings (SSSR count). The van der Waals surface area contributed by atoms with Gasteiger partial charge < -0.3 is 14.6 Å². The fourth-order valence-corrected chi connectivity index (χ4v) is 1.12. The van der Waals surface area contributed by atoms with Crippen LogP contribution in [0.3, 0.4) is 0 Å². The molecular weight excluding hydrogens is 236 g/mol. The van der Waals surface area contributed by atoms with E-state index in [9.17, 15) is 9.90 Å². The summed E-state index contributed by atoms with van der Waals surface area (Å²) in [6.07, 6.45) is 0. The molecule has 0 spiro atoms. The second-order valence-corrected chi connectivity index (χ2v) is 3.26. The predicted molar refractivity (Wildman–Crippen MR) is 64.5 cm³/mol. The molecule has 0 saturated carbocycles. The molecule has 96 valence electrons. The molecule has 0 aliphatic rings. The lowest BCUT2D eigenvalue weighted by Crippen LogP contribution is -2.08. The number of aliphatic hydroxyl groups is 1. The van der Waals surface area contributed by atoms with Gasteiger partial charge >= 0.3 is 5.97 Å². The van der Waals surface area contributed by atoms with Gasteiger partial charge in [-0.3, -0.25) is 0 Å². The van der Waals surface area contributed by atoms with Gasteiger partial charge in [-0.05, 0) is 12.1 Å². The molecule has 0 saturated heterocycles. The Hall–Kier alpha value is -2.21. The van der Waals surface area contributed by atoms with Crippen LogP contribution in [0.25, 0.3) is 0 Å². The molecule has 0 amide bonds. The number of hydrogen-bond donors (Lipinski definition) is 1. The highest BCUT2D eigenvalue weighted by Crippen LogP contribution is 2.14. The fourth-order valence-electron chi connectivity index (χ4n) is 1.12. The average Bonchev–Trinajstić information content (AvgIpc) is 2.40. The van der Waals surface area contributed by atoms with Crippen molar-refractivity contribution in [2.24, 2.45) is 10.2 Å². The number of benzene rings is 1. The molecule has 18 heavy (non-hydrogen) atoms. The van der Waals surface area contributed by atoms with E-state index in [0.29, 0.717) is 5.69 Å². The standard InChI is InChI=1S/C12H14N2O4/c1-17-8-10(15)11(12(16)18-2)14-13-9-6-4-3-5-7-9/h3-7,15H,8H2,1-2H3/b11-10+,14-13?. The summed E-state index contributed by atoms with van der Waals surface area (Å²) in [7, 11) is 2.58. The summed E-state index contributed by atoms with van der Waals surface area (Å²) >= 11 is 0. The quantitative estimate of drug-likeness (QED) is 0.376. The Kier molecular flexibility index (Phi) is 5.53. The summed E-state index contributed by atoms with van der Waals surface area (Å²) in [4.78, 5) is 11.4. The molecule has 0 bridgehead atoms. The number of carbonyl (C=O) groups is 1. The van der Waals surface area contributed by atoms with Crippen molar-refractivity contribution in [1.82, 2.24) is 0 Å². The number of carbonyl (C=O) groups excluding carboxylic acids is 1. The summed E-state index contributed by atoms with van der Waals surface area (Å²) in [6.45, 7) is -0.141. The van der Waals surface area contributed by atoms with Crippen molar-refractivity contribution >= 4 is 11.7 Å². The molecule has 6 nitrogen and oxygen atoms in total. The molecule has 0 fully saturated rings. The van der Waals surface area contributed by atoms with Gasteiger partial charge in [0.05, 0.1) is 12.8 Å². The Bertz CT molecular complexity index is 454. The zero-order valence-corrected chi connectivity index (χ0v) is 10.2. The third-order valence-corrected chi connectivity index (χ3v) is 1.95. The highest BCUT2D eigenvalue weighted by atomic mass is 16.5. The van der Waals surface area contributed by atoms with Crippen LogP contribution in [-0.2, 0) is 14.3 Å². The van der Waals surface area contributed by atoms with Crippen LogP contribution in [0.4, 0.5) is 5.69 Å². The number of rotatable bonds is 5. The van der Waals surface area contributed by atoms with Crippen molar-refractivity contribution in [1.29, 1.82) is 0 Å². The minimum absolute atomic E-state index is 0.141. The number of aliphatic hydroxyl groups excluding tert-OH is 1. The largest absolute Gasteiger partial charge is 0.507 e. The zero-order valence-electron chi connectivity index (χ0n) is 10.2. The first-order valence-corrected chi connectivity index (χ1v) is 5.15. The average molecular weight is 250 g/mol. The maximum atomic E-state index is 11.4. The van der Waals surface area contributed by atoms with Gasteiger partial charge in [0.25, 0.3) is 0 Å². The van der Waals surface area contributed by atoms with E-state index in [4.69, 9.17) is 4.74 Å². The number of azo groups is 1. The lowest BCUT2D eigenvalue weighted by Gasteiger charge is -2.02. The third kappa shape index (κ3) is 3.99. The number of esters is 1. The molecular formula is C12H14N2O4. The summed E-state index contributed by atoms with van der Waals surface area (Å²) in [6, 6.07) is 8.83. The van der Waals surface area contributed by atoms with Gasteiger partial charge in [0.15, 0.2) is 5.76 Å². The number of ether oxygens (including phenoxy) is 2. The Morgan fingerprint density at radius 1 is 1.28 bits per heavy atom.